The van der Waals surface area contributed by atoms with E-state index in [9.17, 15) is 9.18 Å². The Morgan fingerprint density at radius 1 is 1.44 bits per heavy atom. The summed E-state index contributed by atoms with van der Waals surface area (Å²) in [5, 5.41) is 9.38. The Morgan fingerprint density at radius 3 is 2.75 bits per heavy atom. The summed E-state index contributed by atoms with van der Waals surface area (Å²) < 4.78 is 13.6. The third-order valence-corrected chi connectivity index (χ3v) is 2.49. The summed E-state index contributed by atoms with van der Waals surface area (Å²) in [6.07, 6.45) is 0. The molecule has 3 nitrogen and oxygen atoms in total. The second-order valence-corrected chi connectivity index (χ2v) is 3.84. The van der Waals surface area contributed by atoms with Gasteiger partial charge in [0.15, 0.2) is 5.69 Å². The van der Waals surface area contributed by atoms with E-state index in [0.717, 1.165) is 0 Å². The van der Waals surface area contributed by atoms with Gasteiger partial charge >= 0.3 is 5.97 Å². The molecule has 16 heavy (non-hydrogen) atoms. The van der Waals surface area contributed by atoms with Crippen LogP contribution < -0.4 is 0 Å². The van der Waals surface area contributed by atoms with Gasteiger partial charge in [-0.3, -0.25) is 0 Å². The summed E-state index contributed by atoms with van der Waals surface area (Å²) in [5.41, 5.74) is 0.424. The molecule has 0 radical (unpaired) electrons. The summed E-state index contributed by atoms with van der Waals surface area (Å²) in [4.78, 5) is 14.4. The lowest BCUT2D eigenvalue weighted by Gasteiger charge is -2.04. The lowest BCUT2D eigenvalue weighted by Crippen LogP contribution is -2.01. The molecule has 0 aliphatic heterocycles. The molecule has 0 spiro atoms. The van der Waals surface area contributed by atoms with Crippen LogP contribution in [0.25, 0.3) is 10.9 Å². The Labute approximate surface area is 95.5 Å². The van der Waals surface area contributed by atoms with Gasteiger partial charge in [-0.1, -0.05) is 11.6 Å². The Morgan fingerprint density at radius 2 is 2.12 bits per heavy atom. The van der Waals surface area contributed by atoms with Crippen LogP contribution in [0.5, 0.6) is 0 Å². The molecule has 0 unspecified atom stereocenters. The predicted molar refractivity (Wildman–Crippen MR) is 58.4 cm³/mol. The first-order valence-electron chi connectivity index (χ1n) is 4.48. The van der Waals surface area contributed by atoms with Crippen LogP contribution in [0.3, 0.4) is 0 Å². The molecule has 0 fully saturated rings. The fourth-order valence-electron chi connectivity index (χ4n) is 1.49. The standard InChI is InChI=1S/C11H7ClFNO2/c1-5-2-6-7(12)4-9(11(15)16)14-10(6)8(13)3-5/h2-4H,1H3,(H,15,16). The summed E-state index contributed by atoms with van der Waals surface area (Å²) in [6.45, 7) is 1.73. The minimum absolute atomic E-state index is 0.0181. The van der Waals surface area contributed by atoms with Gasteiger partial charge in [0.05, 0.1) is 5.02 Å². The number of carbonyl (C=O) groups is 1. The van der Waals surface area contributed by atoms with Gasteiger partial charge in [-0.2, -0.15) is 0 Å². The molecule has 82 valence electrons. The van der Waals surface area contributed by atoms with Crippen LogP contribution in [0.4, 0.5) is 4.39 Å². The maximum Gasteiger partial charge on any atom is 0.354 e. The number of halogens is 2. The zero-order chi connectivity index (χ0) is 11.9. The molecule has 0 saturated heterocycles. The minimum Gasteiger partial charge on any atom is -0.477 e. The van der Waals surface area contributed by atoms with Gasteiger partial charge < -0.3 is 5.11 Å². The highest BCUT2D eigenvalue weighted by molar-refractivity contribution is 6.35. The van der Waals surface area contributed by atoms with Crippen molar-refractivity contribution in [3.63, 3.8) is 0 Å². The number of carboxylic acid groups (broad SMARTS) is 1. The topological polar surface area (TPSA) is 50.2 Å². The maximum atomic E-state index is 13.6. The van der Waals surface area contributed by atoms with Crippen molar-refractivity contribution in [1.82, 2.24) is 4.98 Å². The van der Waals surface area contributed by atoms with Crippen LogP contribution in [0.2, 0.25) is 5.02 Å². The van der Waals surface area contributed by atoms with E-state index in [1.165, 1.54) is 12.1 Å². The zero-order valence-electron chi connectivity index (χ0n) is 8.29. The molecule has 1 heterocycles. The molecule has 1 N–H and O–H groups in total. The van der Waals surface area contributed by atoms with Gasteiger partial charge in [-0.25, -0.2) is 14.2 Å². The number of aromatic nitrogens is 1. The van der Waals surface area contributed by atoms with Crippen LogP contribution in [0, 0.1) is 12.7 Å². The van der Waals surface area contributed by atoms with Crippen LogP contribution in [-0.4, -0.2) is 16.1 Å². The number of benzene rings is 1. The first kappa shape index (κ1) is 10.8. The van der Waals surface area contributed by atoms with Crippen LogP contribution >= 0.6 is 11.6 Å². The van der Waals surface area contributed by atoms with E-state index in [4.69, 9.17) is 16.7 Å². The number of fused-ring (bicyclic) bond motifs is 1. The number of nitrogens with zero attached hydrogens (tertiary/aromatic N) is 1. The Bertz CT molecular complexity index is 598. The largest absolute Gasteiger partial charge is 0.477 e. The van der Waals surface area contributed by atoms with E-state index in [2.05, 4.69) is 4.98 Å². The third kappa shape index (κ3) is 1.72. The fraction of sp³-hybridized carbons (Fsp3) is 0.0909. The SMILES string of the molecule is Cc1cc(F)c2nc(C(=O)O)cc(Cl)c2c1. The molecule has 0 saturated carbocycles. The molecule has 2 aromatic rings. The lowest BCUT2D eigenvalue weighted by molar-refractivity contribution is 0.0691. The van der Waals surface area contributed by atoms with Crippen molar-refractivity contribution in [2.24, 2.45) is 0 Å². The normalized spacial score (nSPS) is 10.7. The average molecular weight is 240 g/mol. The zero-order valence-corrected chi connectivity index (χ0v) is 9.05. The molecule has 1 aromatic heterocycles. The smallest absolute Gasteiger partial charge is 0.354 e. The van der Waals surface area contributed by atoms with Crippen LogP contribution in [-0.2, 0) is 0 Å². The minimum atomic E-state index is -1.23. The molecule has 0 aliphatic carbocycles. The summed E-state index contributed by atoms with van der Waals surface area (Å²) in [7, 11) is 0. The molecular formula is C11H7ClFNO2. The second-order valence-electron chi connectivity index (χ2n) is 3.44. The number of rotatable bonds is 1. The number of carboxylic acids is 1. The van der Waals surface area contributed by atoms with Gasteiger partial charge in [-0.15, -0.1) is 0 Å². The van der Waals surface area contributed by atoms with Crippen molar-refractivity contribution < 1.29 is 14.3 Å². The highest BCUT2D eigenvalue weighted by Gasteiger charge is 2.12. The van der Waals surface area contributed by atoms with Crippen molar-refractivity contribution in [3.8, 4) is 0 Å². The number of pyridine rings is 1. The highest BCUT2D eigenvalue weighted by Crippen LogP contribution is 2.26. The highest BCUT2D eigenvalue weighted by atomic mass is 35.5. The third-order valence-electron chi connectivity index (χ3n) is 2.18. The first-order chi connectivity index (χ1) is 7.49. The first-order valence-corrected chi connectivity index (χ1v) is 4.86. The van der Waals surface area contributed by atoms with Crippen molar-refractivity contribution in [3.05, 3.63) is 40.3 Å². The monoisotopic (exact) mass is 239 g/mol. The predicted octanol–water partition coefficient (Wildman–Crippen LogP) is 3.03. The quantitative estimate of drug-likeness (QED) is 0.832. The Balaban J connectivity index is 2.87. The molecule has 2 rings (SSSR count). The summed E-state index contributed by atoms with van der Waals surface area (Å²) in [6, 6.07) is 4.17. The molecule has 1 aromatic carbocycles. The number of hydrogen-bond donors (Lipinski definition) is 1. The molecule has 0 aliphatic rings. The number of aryl methyl sites for hydroxylation is 1. The Hall–Kier alpha value is -1.68. The van der Waals surface area contributed by atoms with Gasteiger partial charge in [0.25, 0.3) is 0 Å². The molecule has 0 amide bonds. The number of hydrogen-bond acceptors (Lipinski definition) is 2. The summed E-state index contributed by atoms with van der Waals surface area (Å²) >= 11 is 5.88. The van der Waals surface area contributed by atoms with Crippen molar-refractivity contribution in [2.45, 2.75) is 6.92 Å². The van der Waals surface area contributed by atoms with E-state index >= 15 is 0 Å². The van der Waals surface area contributed by atoms with E-state index in [0.29, 0.717) is 10.9 Å². The Kier molecular flexibility index (Phi) is 2.52. The molecular weight excluding hydrogens is 233 g/mol. The fourth-order valence-corrected chi connectivity index (χ4v) is 1.74. The molecule has 0 bridgehead atoms. The molecule has 0 atom stereocenters. The van der Waals surface area contributed by atoms with Crippen molar-refractivity contribution in [2.75, 3.05) is 0 Å². The van der Waals surface area contributed by atoms with E-state index in [1.807, 2.05) is 0 Å². The van der Waals surface area contributed by atoms with Gasteiger partial charge in [0, 0.05) is 5.39 Å². The number of aromatic carboxylic acids is 1. The van der Waals surface area contributed by atoms with Crippen molar-refractivity contribution in [1.29, 1.82) is 0 Å². The summed E-state index contributed by atoms with van der Waals surface area (Å²) in [5.74, 6) is -1.80. The van der Waals surface area contributed by atoms with Gasteiger partial charge in [0.1, 0.15) is 11.3 Å². The van der Waals surface area contributed by atoms with Crippen LogP contribution in [0.15, 0.2) is 18.2 Å². The van der Waals surface area contributed by atoms with Crippen LogP contribution in [0.1, 0.15) is 16.1 Å². The lowest BCUT2D eigenvalue weighted by atomic mass is 10.1. The van der Waals surface area contributed by atoms with E-state index in [1.54, 1.807) is 13.0 Å². The van der Waals surface area contributed by atoms with Gasteiger partial charge in [0.2, 0.25) is 0 Å². The maximum absolute atomic E-state index is 13.6. The van der Waals surface area contributed by atoms with E-state index < -0.39 is 11.8 Å². The van der Waals surface area contributed by atoms with Gasteiger partial charge in [-0.05, 0) is 30.7 Å². The van der Waals surface area contributed by atoms with Crippen molar-refractivity contribution >= 4 is 28.5 Å². The van der Waals surface area contributed by atoms with E-state index in [-0.39, 0.29) is 16.2 Å². The average Bonchev–Trinajstić information content (AvgIpc) is 2.19. The molecule has 5 heteroatoms. The second kappa shape index (κ2) is 3.72.